The molecule has 2 aromatic carbocycles. The molecule has 27 heavy (non-hydrogen) atoms. The summed E-state index contributed by atoms with van der Waals surface area (Å²) in [6.45, 7) is 0. The van der Waals surface area contributed by atoms with Crippen LogP contribution in [0.2, 0.25) is 0 Å². The van der Waals surface area contributed by atoms with E-state index in [-0.39, 0.29) is 10.5 Å². The van der Waals surface area contributed by atoms with Gasteiger partial charge in [-0.3, -0.25) is 14.3 Å². The summed E-state index contributed by atoms with van der Waals surface area (Å²) in [6.07, 6.45) is 1.61. The van der Waals surface area contributed by atoms with Gasteiger partial charge in [0.25, 0.3) is 10.0 Å². The number of aromatic nitrogens is 2. The first-order valence-corrected chi connectivity index (χ1v) is 9.43. The van der Waals surface area contributed by atoms with Crippen LogP contribution in [0.4, 0.5) is 5.69 Å². The fourth-order valence-electron chi connectivity index (χ4n) is 2.89. The maximum Gasteiger partial charge on any atom is 0.419 e. The SMILES string of the molecule is COc1ccc(NS(=O)(=O)c2ccc3c(c2)oc(=O)n3C)c2cccnc12. The Labute approximate surface area is 154 Å². The van der Waals surface area contributed by atoms with Crippen LogP contribution in [0.5, 0.6) is 5.75 Å². The number of ether oxygens (including phenoxy) is 1. The summed E-state index contributed by atoms with van der Waals surface area (Å²) in [5.74, 6) is -0.0132. The van der Waals surface area contributed by atoms with Gasteiger partial charge in [0.05, 0.1) is 23.2 Å². The van der Waals surface area contributed by atoms with Crippen molar-refractivity contribution in [3.63, 3.8) is 0 Å². The van der Waals surface area contributed by atoms with E-state index in [1.54, 1.807) is 37.5 Å². The van der Waals surface area contributed by atoms with Crippen molar-refractivity contribution in [1.29, 1.82) is 0 Å². The molecule has 8 nitrogen and oxygen atoms in total. The normalized spacial score (nSPS) is 11.8. The number of benzene rings is 2. The van der Waals surface area contributed by atoms with Crippen LogP contribution in [0.15, 0.2) is 62.8 Å². The minimum absolute atomic E-state index is 0.0165. The molecule has 2 heterocycles. The molecule has 0 radical (unpaired) electrons. The van der Waals surface area contributed by atoms with Crippen LogP contribution in [0.3, 0.4) is 0 Å². The zero-order chi connectivity index (χ0) is 19.2. The Bertz CT molecular complexity index is 1340. The Morgan fingerprint density at radius 2 is 2.00 bits per heavy atom. The highest BCUT2D eigenvalue weighted by atomic mass is 32.2. The lowest BCUT2D eigenvalue weighted by Crippen LogP contribution is -2.13. The first kappa shape index (κ1) is 17.1. The van der Waals surface area contributed by atoms with Gasteiger partial charge in [0.1, 0.15) is 11.3 Å². The predicted octanol–water partition coefficient (Wildman–Crippen LogP) is 2.49. The summed E-state index contributed by atoms with van der Waals surface area (Å²) in [5, 5.41) is 0.604. The quantitative estimate of drug-likeness (QED) is 0.579. The van der Waals surface area contributed by atoms with Crippen molar-refractivity contribution in [3.05, 3.63) is 59.2 Å². The molecule has 0 fully saturated rings. The number of hydrogen-bond donors (Lipinski definition) is 1. The van der Waals surface area contributed by atoms with Gasteiger partial charge in [0, 0.05) is 24.7 Å². The van der Waals surface area contributed by atoms with E-state index in [0.717, 1.165) is 0 Å². The predicted molar refractivity (Wildman–Crippen MR) is 101 cm³/mol. The van der Waals surface area contributed by atoms with Crippen LogP contribution in [-0.4, -0.2) is 25.1 Å². The average Bonchev–Trinajstić information content (AvgIpc) is 2.95. The summed E-state index contributed by atoms with van der Waals surface area (Å²) in [5.41, 5.74) is 1.63. The number of rotatable bonds is 4. The molecular formula is C18H15N3O5S. The van der Waals surface area contributed by atoms with E-state index in [4.69, 9.17) is 9.15 Å². The van der Waals surface area contributed by atoms with E-state index in [2.05, 4.69) is 9.71 Å². The summed E-state index contributed by atoms with van der Waals surface area (Å²) in [4.78, 5) is 15.8. The van der Waals surface area contributed by atoms with Gasteiger partial charge in [-0.1, -0.05) is 0 Å². The zero-order valence-electron chi connectivity index (χ0n) is 14.5. The number of oxazole rings is 1. The van der Waals surface area contributed by atoms with Crippen LogP contribution in [0.1, 0.15) is 0 Å². The molecule has 0 atom stereocenters. The third kappa shape index (κ3) is 2.81. The summed E-state index contributed by atoms with van der Waals surface area (Å²) in [7, 11) is -0.833. The first-order valence-electron chi connectivity index (χ1n) is 7.95. The Morgan fingerprint density at radius 3 is 2.78 bits per heavy atom. The first-order chi connectivity index (χ1) is 12.9. The van der Waals surface area contributed by atoms with E-state index >= 15 is 0 Å². The molecule has 9 heteroatoms. The highest BCUT2D eigenvalue weighted by Crippen LogP contribution is 2.31. The van der Waals surface area contributed by atoms with Crippen LogP contribution in [0.25, 0.3) is 22.0 Å². The molecule has 0 unspecified atom stereocenters. The fraction of sp³-hybridized carbons (Fsp3) is 0.111. The topological polar surface area (TPSA) is 103 Å². The van der Waals surface area contributed by atoms with Gasteiger partial charge in [-0.05, 0) is 36.4 Å². The van der Waals surface area contributed by atoms with Crippen molar-refractivity contribution in [2.24, 2.45) is 7.05 Å². The highest BCUT2D eigenvalue weighted by molar-refractivity contribution is 7.92. The third-order valence-corrected chi connectivity index (χ3v) is 5.63. The number of anilines is 1. The minimum atomic E-state index is -3.91. The number of fused-ring (bicyclic) bond motifs is 2. The molecule has 0 aliphatic heterocycles. The van der Waals surface area contributed by atoms with Crippen LogP contribution < -0.4 is 15.2 Å². The number of nitrogens with zero attached hydrogens (tertiary/aromatic N) is 2. The van der Waals surface area contributed by atoms with Gasteiger partial charge in [-0.25, -0.2) is 13.2 Å². The molecule has 0 spiro atoms. The van der Waals surface area contributed by atoms with Crippen molar-refractivity contribution in [2.45, 2.75) is 4.90 Å². The maximum absolute atomic E-state index is 12.8. The number of hydrogen-bond acceptors (Lipinski definition) is 6. The second kappa shape index (κ2) is 6.13. The van der Waals surface area contributed by atoms with Gasteiger partial charge in [-0.2, -0.15) is 0 Å². The minimum Gasteiger partial charge on any atom is -0.494 e. The van der Waals surface area contributed by atoms with E-state index < -0.39 is 15.8 Å². The molecule has 0 saturated carbocycles. The molecule has 0 aliphatic carbocycles. The third-order valence-electron chi connectivity index (χ3n) is 4.27. The van der Waals surface area contributed by atoms with Crippen LogP contribution in [0, 0.1) is 0 Å². The van der Waals surface area contributed by atoms with Gasteiger partial charge < -0.3 is 9.15 Å². The van der Waals surface area contributed by atoms with E-state index in [1.165, 1.54) is 29.9 Å². The second-order valence-electron chi connectivity index (χ2n) is 5.88. The second-order valence-corrected chi connectivity index (χ2v) is 7.56. The Balaban J connectivity index is 1.80. The van der Waals surface area contributed by atoms with Gasteiger partial charge in [0.2, 0.25) is 0 Å². The average molecular weight is 385 g/mol. The summed E-state index contributed by atoms with van der Waals surface area (Å²) in [6, 6.07) is 11.0. The van der Waals surface area contributed by atoms with E-state index in [1.807, 2.05) is 0 Å². The number of sulfonamides is 1. The van der Waals surface area contributed by atoms with E-state index in [0.29, 0.717) is 27.9 Å². The Morgan fingerprint density at radius 1 is 1.19 bits per heavy atom. The lowest BCUT2D eigenvalue weighted by atomic mass is 10.2. The maximum atomic E-state index is 12.8. The standard InChI is InChI=1S/C18H15N3O5S/c1-21-14-7-5-11(10-16(14)26-18(21)22)27(23,24)20-13-6-8-15(25-2)17-12(13)4-3-9-19-17/h3-10,20H,1-2H3. The Hall–Kier alpha value is -3.33. The zero-order valence-corrected chi connectivity index (χ0v) is 15.3. The van der Waals surface area contributed by atoms with Crippen molar-refractivity contribution < 1.29 is 17.6 Å². The number of pyridine rings is 1. The molecule has 0 amide bonds. The molecule has 138 valence electrons. The Kier molecular flexibility index (Phi) is 3.88. The molecular weight excluding hydrogens is 370 g/mol. The molecule has 1 N–H and O–H groups in total. The monoisotopic (exact) mass is 385 g/mol. The molecule has 2 aromatic heterocycles. The van der Waals surface area contributed by atoms with Crippen molar-refractivity contribution >= 4 is 37.7 Å². The van der Waals surface area contributed by atoms with Gasteiger partial charge in [0.15, 0.2) is 5.58 Å². The molecule has 4 aromatic rings. The summed E-state index contributed by atoms with van der Waals surface area (Å²) < 4.78 is 39.9. The van der Waals surface area contributed by atoms with Gasteiger partial charge >= 0.3 is 5.76 Å². The lowest BCUT2D eigenvalue weighted by molar-refractivity contribution is 0.419. The van der Waals surface area contributed by atoms with Gasteiger partial charge in [-0.15, -0.1) is 0 Å². The molecule has 0 saturated heterocycles. The fourth-order valence-corrected chi connectivity index (χ4v) is 3.98. The number of methoxy groups -OCH3 is 1. The van der Waals surface area contributed by atoms with Crippen molar-refractivity contribution in [3.8, 4) is 5.75 Å². The highest BCUT2D eigenvalue weighted by Gasteiger charge is 2.19. The van der Waals surface area contributed by atoms with Crippen LogP contribution in [-0.2, 0) is 17.1 Å². The van der Waals surface area contributed by atoms with Crippen molar-refractivity contribution in [1.82, 2.24) is 9.55 Å². The van der Waals surface area contributed by atoms with Crippen LogP contribution >= 0.6 is 0 Å². The molecule has 0 bridgehead atoms. The largest absolute Gasteiger partial charge is 0.494 e. The van der Waals surface area contributed by atoms with E-state index in [9.17, 15) is 13.2 Å². The smallest absolute Gasteiger partial charge is 0.419 e. The number of nitrogens with one attached hydrogen (secondary N) is 1. The molecule has 4 rings (SSSR count). The van der Waals surface area contributed by atoms with Crippen molar-refractivity contribution in [2.75, 3.05) is 11.8 Å². The number of aryl methyl sites for hydroxylation is 1. The summed E-state index contributed by atoms with van der Waals surface area (Å²) >= 11 is 0. The molecule has 0 aliphatic rings. The lowest BCUT2D eigenvalue weighted by Gasteiger charge is -2.12.